The van der Waals surface area contributed by atoms with E-state index >= 15 is 0 Å². The van der Waals surface area contributed by atoms with Crippen LogP contribution < -0.4 is 10.1 Å². The molecule has 0 aliphatic heterocycles. The molecule has 3 nitrogen and oxygen atoms in total. The molecule has 1 aromatic rings. The Balaban J connectivity index is 2.57. The highest BCUT2D eigenvalue weighted by atomic mass is 16.5. The minimum Gasteiger partial charge on any atom is -0.491 e. The molecule has 0 aromatic heterocycles. The second kappa shape index (κ2) is 6.27. The van der Waals surface area contributed by atoms with E-state index in [0.717, 1.165) is 5.75 Å². The molecule has 0 radical (unpaired) electrons. The number of hydrogen-bond donors (Lipinski definition) is 1. The summed E-state index contributed by atoms with van der Waals surface area (Å²) in [6.45, 7) is 8.47. The number of nitriles is 1. The number of hydrogen-bond acceptors (Lipinski definition) is 3. The highest BCUT2D eigenvalue weighted by molar-refractivity contribution is 5.33. The van der Waals surface area contributed by atoms with E-state index in [4.69, 9.17) is 10.00 Å². The van der Waals surface area contributed by atoms with Gasteiger partial charge in [0.2, 0.25) is 0 Å². The SMILES string of the molecule is Cc1cc(C)cc(OCC(C#N)NC(C)C)c1. The van der Waals surface area contributed by atoms with Crippen LogP contribution in [0, 0.1) is 25.2 Å². The monoisotopic (exact) mass is 232 g/mol. The van der Waals surface area contributed by atoms with Crippen molar-refractivity contribution in [1.29, 1.82) is 5.26 Å². The van der Waals surface area contributed by atoms with Gasteiger partial charge in [-0.3, -0.25) is 5.32 Å². The summed E-state index contributed by atoms with van der Waals surface area (Å²) in [5.74, 6) is 0.827. The summed E-state index contributed by atoms with van der Waals surface area (Å²) in [6.07, 6.45) is 0. The van der Waals surface area contributed by atoms with E-state index in [9.17, 15) is 0 Å². The number of aryl methyl sites for hydroxylation is 2. The molecule has 3 heteroatoms. The fraction of sp³-hybridized carbons (Fsp3) is 0.500. The van der Waals surface area contributed by atoms with Gasteiger partial charge >= 0.3 is 0 Å². The van der Waals surface area contributed by atoms with E-state index in [0.29, 0.717) is 6.61 Å². The van der Waals surface area contributed by atoms with Crippen LogP contribution in [0.2, 0.25) is 0 Å². The maximum Gasteiger partial charge on any atom is 0.130 e. The molecule has 17 heavy (non-hydrogen) atoms. The Kier molecular flexibility index (Phi) is 4.99. The molecule has 0 heterocycles. The first-order valence-corrected chi connectivity index (χ1v) is 5.88. The van der Waals surface area contributed by atoms with Gasteiger partial charge < -0.3 is 4.74 Å². The van der Waals surface area contributed by atoms with Gasteiger partial charge in [-0.1, -0.05) is 6.07 Å². The molecule has 92 valence electrons. The van der Waals surface area contributed by atoms with Crippen molar-refractivity contribution in [3.8, 4) is 11.8 Å². The van der Waals surface area contributed by atoms with E-state index in [-0.39, 0.29) is 12.1 Å². The van der Waals surface area contributed by atoms with Gasteiger partial charge in [0, 0.05) is 6.04 Å². The molecule has 1 atom stereocenters. The molecule has 0 spiro atoms. The summed E-state index contributed by atoms with van der Waals surface area (Å²) in [5.41, 5.74) is 2.34. The quantitative estimate of drug-likeness (QED) is 0.848. The van der Waals surface area contributed by atoms with Crippen molar-refractivity contribution < 1.29 is 4.74 Å². The van der Waals surface area contributed by atoms with Crippen LogP contribution >= 0.6 is 0 Å². The van der Waals surface area contributed by atoms with Gasteiger partial charge in [-0.2, -0.15) is 5.26 Å². The fourth-order valence-corrected chi connectivity index (χ4v) is 1.72. The zero-order valence-electron chi connectivity index (χ0n) is 10.9. The van der Waals surface area contributed by atoms with E-state index in [1.807, 2.05) is 39.8 Å². The third kappa shape index (κ3) is 4.88. The molecule has 1 N–H and O–H groups in total. The molecule has 1 rings (SSSR count). The highest BCUT2D eigenvalue weighted by Gasteiger charge is 2.09. The molecule has 0 aliphatic carbocycles. The van der Waals surface area contributed by atoms with Crippen LogP contribution in [0.15, 0.2) is 18.2 Å². The molecule has 0 bridgehead atoms. The average molecular weight is 232 g/mol. The van der Waals surface area contributed by atoms with Gasteiger partial charge in [-0.25, -0.2) is 0 Å². The number of nitrogens with one attached hydrogen (secondary N) is 1. The topological polar surface area (TPSA) is 45.0 Å². The van der Waals surface area contributed by atoms with Crippen LogP contribution in [0.5, 0.6) is 5.75 Å². The Labute approximate surface area is 103 Å². The first-order chi connectivity index (χ1) is 8.01. The first kappa shape index (κ1) is 13.5. The van der Waals surface area contributed by atoms with Gasteiger partial charge in [-0.05, 0) is 51.0 Å². The number of nitrogens with zero attached hydrogens (tertiary/aromatic N) is 1. The lowest BCUT2D eigenvalue weighted by molar-refractivity contribution is 0.282. The van der Waals surface area contributed by atoms with E-state index in [2.05, 4.69) is 17.5 Å². The molecule has 0 saturated carbocycles. The van der Waals surface area contributed by atoms with Crippen molar-refractivity contribution in [3.63, 3.8) is 0 Å². The minimum atomic E-state index is -0.268. The predicted octanol–water partition coefficient (Wildman–Crippen LogP) is 2.57. The Bertz CT molecular complexity index is 387. The second-order valence-electron chi connectivity index (χ2n) is 4.64. The molecular weight excluding hydrogens is 212 g/mol. The lowest BCUT2D eigenvalue weighted by Gasteiger charge is -2.15. The summed E-state index contributed by atoms with van der Waals surface area (Å²) in [5, 5.41) is 12.1. The summed E-state index contributed by atoms with van der Waals surface area (Å²) >= 11 is 0. The van der Waals surface area contributed by atoms with Crippen LogP contribution in [-0.4, -0.2) is 18.7 Å². The number of benzene rings is 1. The fourth-order valence-electron chi connectivity index (χ4n) is 1.72. The Morgan fingerprint density at radius 1 is 1.24 bits per heavy atom. The largest absolute Gasteiger partial charge is 0.491 e. The zero-order valence-corrected chi connectivity index (χ0v) is 10.9. The summed E-state index contributed by atoms with van der Waals surface area (Å²) in [4.78, 5) is 0. The molecule has 0 amide bonds. The van der Waals surface area contributed by atoms with Crippen molar-refractivity contribution in [2.45, 2.75) is 39.8 Å². The zero-order chi connectivity index (χ0) is 12.8. The molecular formula is C14H20N2O. The lowest BCUT2D eigenvalue weighted by atomic mass is 10.1. The second-order valence-corrected chi connectivity index (χ2v) is 4.64. The van der Waals surface area contributed by atoms with Gasteiger partial charge in [0.15, 0.2) is 0 Å². The standard InChI is InChI=1S/C14H20N2O/c1-10(2)16-13(8-15)9-17-14-6-11(3)5-12(4)7-14/h5-7,10,13,16H,9H2,1-4H3. The van der Waals surface area contributed by atoms with Gasteiger partial charge in [0.1, 0.15) is 18.4 Å². The Morgan fingerprint density at radius 2 is 1.82 bits per heavy atom. The van der Waals surface area contributed by atoms with E-state index in [1.54, 1.807) is 0 Å². The van der Waals surface area contributed by atoms with Gasteiger partial charge in [0.05, 0.1) is 6.07 Å². The van der Waals surface area contributed by atoms with Crippen molar-refractivity contribution in [2.24, 2.45) is 0 Å². The third-order valence-corrected chi connectivity index (χ3v) is 2.30. The van der Waals surface area contributed by atoms with E-state index < -0.39 is 0 Å². The van der Waals surface area contributed by atoms with Crippen LogP contribution in [0.4, 0.5) is 0 Å². The van der Waals surface area contributed by atoms with Crippen molar-refractivity contribution >= 4 is 0 Å². The smallest absolute Gasteiger partial charge is 0.130 e. The molecule has 0 aliphatic rings. The van der Waals surface area contributed by atoms with Crippen LogP contribution in [0.25, 0.3) is 0 Å². The van der Waals surface area contributed by atoms with Crippen LogP contribution in [-0.2, 0) is 0 Å². The van der Waals surface area contributed by atoms with Crippen molar-refractivity contribution in [2.75, 3.05) is 6.61 Å². The van der Waals surface area contributed by atoms with Crippen molar-refractivity contribution in [1.82, 2.24) is 5.32 Å². The number of rotatable bonds is 5. The molecule has 1 aromatic carbocycles. The van der Waals surface area contributed by atoms with E-state index in [1.165, 1.54) is 11.1 Å². The Morgan fingerprint density at radius 3 is 2.29 bits per heavy atom. The average Bonchev–Trinajstić information content (AvgIpc) is 2.22. The minimum absolute atomic E-state index is 0.268. The predicted molar refractivity (Wildman–Crippen MR) is 69.1 cm³/mol. The first-order valence-electron chi connectivity index (χ1n) is 5.88. The van der Waals surface area contributed by atoms with Crippen LogP contribution in [0.3, 0.4) is 0 Å². The maximum atomic E-state index is 8.97. The Hall–Kier alpha value is -1.53. The molecule has 0 fully saturated rings. The number of ether oxygens (including phenoxy) is 1. The van der Waals surface area contributed by atoms with Crippen molar-refractivity contribution in [3.05, 3.63) is 29.3 Å². The molecule has 0 saturated heterocycles. The molecule has 1 unspecified atom stereocenters. The maximum absolute atomic E-state index is 8.97. The highest BCUT2D eigenvalue weighted by Crippen LogP contribution is 2.16. The summed E-state index contributed by atoms with van der Waals surface area (Å²) < 4.78 is 5.64. The summed E-state index contributed by atoms with van der Waals surface area (Å²) in [7, 11) is 0. The lowest BCUT2D eigenvalue weighted by Crippen LogP contribution is -2.37. The van der Waals surface area contributed by atoms with Gasteiger partial charge in [-0.15, -0.1) is 0 Å². The third-order valence-electron chi connectivity index (χ3n) is 2.30. The normalized spacial score (nSPS) is 12.2. The van der Waals surface area contributed by atoms with Crippen LogP contribution in [0.1, 0.15) is 25.0 Å². The summed E-state index contributed by atoms with van der Waals surface area (Å²) in [6, 6.07) is 8.27. The van der Waals surface area contributed by atoms with Gasteiger partial charge in [0.25, 0.3) is 0 Å².